The molecule has 9 heteroatoms. The molecule has 2 N–H and O–H groups in total. The number of aromatic nitrogens is 3. The van der Waals surface area contributed by atoms with E-state index in [1.165, 1.54) is 6.33 Å². The maximum absolute atomic E-state index is 12.8. The molecule has 0 bridgehead atoms. The fourth-order valence-electron chi connectivity index (χ4n) is 1.25. The van der Waals surface area contributed by atoms with E-state index in [9.17, 15) is 12.8 Å². The number of hydrogen-bond donors (Lipinski definition) is 2. The Labute approximate surface area is 107 Å². The van der Waals surface area contributed by atoms with Crippen LogP contribution in [0.1, 0.15) is 5.82 Å². The van der Waals surface area contributed by atoms with Gasteiger partial charge in [0.1, 0.15) is 22.9 Å². The Balaban J connectivity index is 2.20. The van der Waals surface area contributed by atoms with Gasteiger partial charge >= 0.3 is 0 Å². The number of aromatic amines is 1. The van der Waals surface area contributed by atoms with Crippen molar-refractivity contribution in [2.24, 2.45) is 0 Å². The van der Waals surface area contributed by atoms with Crippen LogP contribution in [0, 0.1) is 5.82 Å². The highest BCUT2D eigenvalue weighted by atomic mass is 35.5. The van der Waals surface area contributed by atoms with Crippen LogP contribution in [-0.2, 0) is 16.6 Å². The van der Waals surface area contributed by atoms with Crippen LogP contribution < -0.4 is 4.72 Å². The van der Waals surface area contributed by atoms with Gasteiger partial charge in [0.25, 0.3) is 0 Å². The number of nitrogens with zero attached hydrogens (tertiary/aromatic N) is 2. The summed E-state index contributed by atoms with van der Waals surface area (Å²) in [6, 6.07) is 3.06. The van der Waals surface area contributed by atoms with E-state index >= 15 is 0 Å². The highest BCUT2D eigenvalue weighted by Gasteiger charge is 2.18. The topological polar surface area (TPSA) is 87.7 Å². The summed E-state index contributed by atoms with van der Waals surface area (Å²) >= 11 is 5.68. The van der Waals surface area contributed by atoms with Gasteiger partial charge in [-0.1, -0.05) is 11.6 Å². The summed E-state index contributed by atoms with van der Waals surface area (Å²) in [6.45, 7) is -0.0595. The highest BCUT2D eigenvalue weighted by molar-refractivity contribution is 7.89. The van der Waals surface area contributed by atoms with Gasteiger partial charge in [0.15, 0.2) is 0 Å². The molecule has 18 heavy (non-hydrogen) atoms. The van der Waals surface area contributed by atoms with Gasteiger partial charge in [0.05, 0.1) is 11.6 Å². The summed E-state index contributed by atoms with van der Waals surface area (Å²) in [6.07, 6.45) is 1.26. The Hall–Kier alpha value is -1.51. The molecule has 0 aliphatic heterocycles. The Morgan fingerprint density at radius 1 is 1.44 bits per heavy atom. The SMILES string of the molecule is O=S(=O)(NCc1ncn[nH]1)c1ccc(F)cc1Cl. The highest BCUT2D eigenvalue weighted by Crippen LogP contribution is 2.21. The minimum Gasteiger partial charge on any atom is -0.262 e. The molecule has 0 saturated carbocycles. The first-order chi connectivity index (χ1) is 8.49. The lowest BCUT2D eigenvalue weighted by Crippen LogP contribution is -2.24. The summed E-state index contributed by atoms with van der Waals surface area (Å²) in [5.41, 5.74) is 0. The Morgan fingerprint density at radius 2 is 2.22 bits per heavy atom. The molecule has 0 radical (unpaired) electrons. The molecule has 2 rings (SSSR count). The van der Waals surface area contributed by atoms with Crippen LogP contribution in [0.4, 0.5) is 4.39 Å². The Bertz CT molecular complexity index is 645. The van der Waals surface area contributed by atoms with E-state index < -0.39 is 15.8 Å². The first-order valence-electron chi connectivity index (χ1n) is 4.78. The first-order valence-corrected chi connectivity index (χ1v) is 6.64. The summed E-state index contributed by atoms with van der Waals surface area (Å²) in [4.78, 5) is 3.57. The van der Waals surface area contributed by atoms with E-state index in [1.807, 2.05) is 0 Å². The van der Waals surface area contributed by atoms with E-state index in [2.05, 4.69) is 19.9 Å². The van der Waals surface area contributed by atoms with Crippen LogP contribution >= 0.6 is 11.6 Å². The molecule has 0 atom stereocenters. The average molecular weight is 291 g/mol. The second-order valence-electron chi connectivity index (χ2n) is 3.33. The van der Waals surface area contributed by atoms with Gasteiger partial charge in [-0.2, -0.15) is 5.10 Å². The van der Waals surface area contributed by atoms with Crippen molar-refractivity contribution in [1.82, 2.24) is 19.9 Å². The number of H-pyrrole nitrogens is 1. The summed E-state index contributed by atoms with van der Waals surface area (Å²) in [7, 11) is -3.82. The van der Waals surface area contributed by atoms with Gasteiger partial charge in [0.2, 0.25) is 10.0 Å². The molecular weight excluding hydrogens is 283 g/mol. The van der Waals surface area contributed by atoms with Crippen molar-refractivity contribution in [2.75, 3.05) is 0 Å². The molecule has 2 aromatic rings. The number of sulfonamides is 1. The molecule has 0 aliphatic carbocycles. The summed E-state index contributed by atoms with van der Waals surface area (Å²) < 4.78 is 38.9. The molecule has 1 heterocycles. The third-order valence-corrected chi connectivity index (χ3v) is 3.96. The second-order valence-corrected chi connectivity index (χ2v) is 5.47. The minimum atomic E-state index is -3.82. The monoisotopic (exact) mass is 290 g/mol. The van der Waals surface area contributed by atoms with Crippen molar-refractivity contribution in [1.29, 1.82) is 0 Å². The maximum Gasteiger partial charge on any atom is 0.242 e. The van der Waals surface area contributed by atoms with Crippen molar-refractivity contribution in [3.8, 4) is 0 Å². The molecule has 0 spiro atoms. The Kier molecular flexibility index (Phi) is 3.60. The van der Waals surface area contributed by atoms with E-state index in [-0.39, 0.29) is 16.5 Å². The van der Waals surface area contributed by atoms with Crippen molar-refractivity contribution in [2.45, 2.75) is 11.4 Å². The molecule has 0 saturated heterocycles. The van der Waals surface area contributed by atoms with Crippen LogP contribution in [0.5, 0.6) is 0 Å². The predicted molar refractivity (Wildman–Crippen MR) is 61.8 cm³/mol. The summed E-state index contributed by atoms with van der Waals surface area (Å²) in [5, 5.41) is 5.90. The van der Waals surface area contributed by atoms with E-state index in [1.54, 1.807) is 0 Å². The third kappa shape index (κ3) is 2.84. The zero-order chi connectivity index (χ0) is 13.2. The number of benzene rings is 1. The van der Waals surface area contributed by atoms with E-state index in [4.69, 9.17) is 11.6 Å². The standard InChI is InChI=1S/C9H8ClFN4O2S/c10-7-3-6(11)1-2-8(7)18(16,17)14-4-9-12-5-13-15-9/h1-3,5,14H,4H2,(H,12,13,15). The quantitative estimate of drug-likeness (QED) is 0.882. The molecule has 96 valence electrons. The molecular formula is C9H8ClFN4O2S. The molecule has 0 aliphatic rings. The lowest BCUT2D eigenvalue weighted by molar-refractivity contribution is 0.578. The van der Waals surface area contributed by atoms with Gasteiger partial charge in [0, 0.05) is 0 Å². The van der Waals surface area contributed by atoms with Crippen molar-refractivity contribution in [3.63, 3.8) is 0 Å². The van der Waals surface area contributed by atoms with Gasteiger partial charge in [-0.3, -0.25) is 5.10 Å². The Morgan fingerprint density at radius 3 is 2.83 bits per heavy atom. The largest absolute Gasteiger partial charge is 0.262 e. The first kappa shape index (κ1) is 12.9. The van der Waals surface area contributed by atoms with Crippen molar-refractivity contribution < 1.29 is 12.8 Å². The van der Waals surface area contributed by atoms with Crippen LogP contribution in [0.3, 0.4) is 0 Å². The average Bonchev–Trinajstić information content (AvgIpc) is 2.78. The number of halogens is 2. The molecule has 1 aromatic carbocycles. The van der Waals surface area contributed by atoms with Gasteiger partial charge in [-0.05, 0) is 18.2 Å². The fraction of sp³-hybridized carbons (Fsp3) is 0.111. The molecule has 1 aromatic heterocycles. The van der Waals surface area contributed by atoms with Crippen LogP contribution in [0.15, 0.2) is 29.4 Å². The summed E-state index contributed by atoms with van der Waals surface area (Å²) in [5.74, 6) is -0.244. The van der Waals surface area contributed by atoms with Crippen molar-refractivity contribution >= 4 is 21.6 Å². The predicted octanol–water partition coefficient (Wildman–Crippen LogP) is 1.08. The lowest BCUT2D eigenvalue weighted by atomic mass is 10.3. The zero-order valence-corrected chi connectivity index (χ0v) is 10.5. The smallest absolute Gasteiger partial charge is 0.242 e. The lowest BCUT2D eigenvalue weighted by Gasteiger charge is -2.06. The minimum absolute atomic E-state index is 0.0595. The number of nitrogens with one attached hydrogen (secondary N) is 2. The van der Waals surface area contributed by atoms with E-state index in [0.29, 0.717) is 5.82 Å². The van der Waals surface area contributed by atoms with Crippen molar-refractivity contribution in [3.05, 3.63) is 41.2 Å². The van der Waals surface area contributed by atoms with Crippen LogP contribution in [0.25, 0.3) is 0 Å². The number of hydrogen-bond acceptors (Lipinski definition) is 4. The van der Waals surface area contributed by atoms with Gasteiger partial charge < -0.3 is 0 Å². The molecule has 0 unspecified atom stereocenters. The molecule has 0 amide bonds. The zero-order valence-electron chi connectivity index (χ0n) is 8.89. The number of rotatable bonds is 4. The molecule has 0 fully saturated rings. The van der Waals surface area contributed by atoms with Gasteiger partial charge in [-0.15, -0.1) is 0 Å². The van der Waals surface area contributed by atoms with Crippen LogP contribution in [0.2, 0.25) is 5.02 Å². The van der Waals surface area contributed by atoms with Crippen LogP contribution in [-0.4, -0.2) is 23.6 Å². The second kappa shape index (κ2) is 5.01. The van der Waals surface area contributed by atoms with E-state index in [0.717, 1.165) is 18.2 Å². The normalized spacial score (nSPS) is 11.7. The maximum atomic E-state index is 12.8. The molecule has 6 nitrogen and oxygen atoms in total. The van der Waals surface area contributed by atoms with Gasteiger partial charge in [-0.25, -0.2) is 22.5 Å². The fourth-order valence-corrected chi connectivity index (χ4v) is 2.77. The third-order valence-electron chi connectivity index (χ3n) is 2.08.